The topological polar surface area (TPSA) is 37.4 Å². The minimum absolute atomic E-state index is 0.253. The van der Waals surface area contributed by atoms with E-state index < -0.39 is 10.0 Å². The Labute approximate surface area is 73.8 Å². The lowest BCUT2D eigenvalue weighted by molar-refractivity contribution is 0.452. The fraction of sp³-hybridized carbons (Fsp3) is 1.00. The maximum Gasteiger partial charge on any atom is 0.213 e. The van der Waals surface area contributed by atoms with Gasteiger partial charge >= 0.3 is 0 Å². The third kappa shape index (κ3) is 1.27. The van der Waals surface area contributed by atoms with Crippen LogP contribution in [-0.2, 0) is 10.0 Å². The van der Waals surface area contributed by atoms with Crippen LogP contribution in [0.4, 0.5) is 0 Å². The van der Waals surface area contributed by atoms with Gasteiger partial charge in [-0.15, -0.1) is 0 Å². The molecule has 0 amide bonds. The van der Waals surface area contributed by atoms with Gasteiger partial charge in [-0.2, -0.15) is 0 Å². The molecule has 3 nitrogen and oxygen atoms in total. The van der Waals surface area contributed by atoms with Crippen molar-refractivity contribution in [3.05, 3.63) is 0 Å². The van der Waals surface area contributed by atoms with Gasteiger partial charge in [0, 0.05) is 13.1 Å². The molecule has 1 saturated carbocycles. The molecule has 0 aromatic heterocycles. The molecule has 4 heteroatoms. The summed E-state index contributed by atoms with van der Waals surface area (Å²) < 4.78 is 24.6. The summed E-state index contributed by atoms with van der Waals surface area (Å²) in [5, 5.41) is 0. The molecule has 0 atom stereocenters. The van der Waals surface area contributed by atoms with Crippen LogP contribution in [0.3, 0.4) is 0 Å². The average Bonchev–Trinajstić information content (AvgIpc) is 2.61. The van der Waals surface area contributed by atoms with Gasteiger partial charge < -0.3 is 0 Å². The molecule has 1 saturated heterocycles. The highest BCUT2D eigenvalue weighted by Crippen LogP contribution is 2.53. The Morgan fingerprint density at radius 2 is 2.00 bits per heavy atom. The van der Waals surface area contributed by atoms with Crippen LogP contribution >= 0.6 is 0 Å². The smallest absolute Gasteiger partial charge is 0.212 e. The Hall–Kier alpha value is -0.0900. The average molecular weight is 189 g/mol. The summed E-state index contributed by atoms with van der Waals surface area (Å²) in [6.07, 6.45) is 3.57. The molecule has 0 unspecified atom stereocenters. The first-order valence-corrected chi connectivity index (χ1v) is 6.17. The van der Waals surface area contributed by atoms with Gasteiger partial charge in [-0.25, -0.2) is 12.7 Å². The predicted molar refractivity (Wildman–Crippen MR) is 47.3 cm³/mol. The zero-order valence-electron chi connectivity index (χ0n) is 7.41. The van der Waals surface area contributed by atoms with E-state index >= 15 is 0 Å². The number of rotatable bonds is 2. The van der Waals surface area contributed by atoms with Crippen LogP contribution in [0.2, 0.25) is 0 Å². The maximum absolute atomic E-state index is 11.4. The fourth-order valence-corrected chi connectivity index (χ4v) is 3.10. The largest absolute Gasteiger partial charge is 0.213 e. The molecular weight excluding hydrogens is 174 g/mol. The monoisotopic (exact) mass is 189 g/mol. The number of nitrogens with zero attached hydrogens (tertiary/aromatic N) is 1. The lowest BCUT2D eigenvalue weighted by Gasteiger charge is -2.14. The Balaban J connectivity index is 2.08. The molecule has 2 rings (SSSR count). The summed E-state index contributed by atoms with van der Waals surface area (Å²) in [6.45, 7) is 3.27. The molecule has 0 N–H and O–H groups in total. The van der Waals surface area contributed by atoms with Gasteiger partial charge in [-0.05, 0) is 31.6 Å². The van der Waals surface area contributed by atoms with E-state index in [1.54, 1.807) is 11.2 Å². The number of hydrogen-bond acceptors (Lipinski definition) is 2. The van der Waals surface area contributed by atoms with Gasteiger partial charge in [-0.1, -0.05) is 0 Å². The molecule has 0 radical (unpaired) electrons. The van der Waals surface area contributed by atoms with E-state index in [0.29, 0.717) is 5.41 Å². The van der Waals surface area contributed by atoms with E-state index in [4.69, 9.17) is 0 Å². The van der Waals surface area contributed by atoms with Crippen LogP contribution in [0.1, 0.15) is 26.2 Å². The third-order valence-electron chi connectivity index (χ3n) is 3.12. The van der Waals surface area contributed by atoms with Gasteiger partial charge in [0.25, 0.3) is 0 Å². The van der Waals surface area contributed by atoms with Gasteiger partial charge in [0.2, 0.25) is 10.0 Å². The summed E-state index contributed by atoms with van der Waals surface area (Å²) >= 11 is 0. The van der Waals surface area contributed by atoms with Crippen molar-refractivity contribution >= 4 is 10.0 Å². The highest BCUT2D eigenvalue weighted by atomic mass is 32.2. The quantitative estimate of drug-likeness (QED) is 0.645. The van der Waals surface area contributed by atoms with Crippen molar-refractivity contribution in [1.82, 2.24) is 4.31 Å². The third-order valence-corrected chi connectivity index (χ3v) is 4.95. The molecule has 1 aliphatic carbocycles. The summed E-state index contributed by atoms with van der Waals surface area (Å²) in [7, 11) is -2.90. The van der Waals surface area contributed by atoms with Crippen LogP contribution in [0.25, 0.3) is 0 Å². The maximum atomic E-state index is 11.4. The zero-order valence-corrected chi connectivity index (χ0v) is 8.23. The summed E-state index contributed by atoms with van der Waals surface area (Å²) in [4.78, 5) is 0. The summed E-state index contributed by atoms with van der Waals surface area (Å²) in [6, 6.07) is 0. The van der Waals surface area contributed by atoms with Gasteiger partial charge in [0.1, 0.15) is 0 Å². The first kappa shape index (κ1) is 8.51. The lowest BCUT2D eigenvalue weighted by atomic mass is 10.1. The SMILES string of the molecule is CCS(=O)(=O)N1CCC2(CC2)C1. The second-order valence-corrected chi connectivity index (χ2v) is 6.24. The van der Waals surface area contributed by atoms with Gasteiger partial charge in [0.05, 0.1) is 5.75 Å². The summed E-state index contributed by atoms with van der Waals surface area (Å²) in [5.74, 6) is 0.253. The van der Waals surface area contributed by atoms with Crippen LogP contribution in [0.5, 0.6) is 0 Å². The zero-order chi connectivity index (χ0) is 8.82. The molecule has 1 heterocycles. The van der Waals surface area contributed by atoms with Crippen molar-refractivity contribution in [2.45, 2.75) is 26.2 Å². The van der Waals surface area contributed by atoms with E-state index in [9.17, 15) is 8.42 Å². The Morgan fingerprint density at radius 3 is 2.42 bits per heavy atom. The van der Waals surface area contributed by atoms with E-state index in [0.717, 1.165) is 19.5 Å². The second-order valence-electron chi connectivity index (χ2n) is 3.98. The van der Waals surface area contributed by atoms with Crippen molar-refractivity contribution < 1.29 is 8.42 Å². The predicted octanol–water partition coefficient (Wildman–Crippen LogP) is 0.822. The van der Waals surface area contributed by atoms with Crippen molar-refractivity contribution in [3.63, 3.8) is 0 Å². The molecule has 1 spiro atoms. The Kier molecular flexibility index (Phi) is 1.74. The van der Waals surface area contributed by atoms with Crippen molar-refractivity contribution in [2.24, 2.45) is 5.41 Å². The van der Waals surface area contributed by atoms with Crippen LogP contribution in [0, 0.1) is 5.41 Å². The van der Waals surface area contributed by atoms with E-state index in [1.807, 2.05) is 0 Å². The minimum atomic E-state index is -2.90. The molecule has 0 aromatic rings. The summed E-state index contributed by atoms with van der Waals surface area (Å²) in [5.41, 5.74) is 0.419. The van der Waals surface area contributed by atoms with Crippen molar-refractivity contribution in [2.75, 3.05) is 18.8 Å². The Morgan fingerprint density at radius 1 is 1.33 bits per heavy atom. The highest BCUT2D eigenvalue weighted by Gasteiger charge is 2.49. The Bertz CT molecular complexity index is 279. The normalized spacial score (nSPS) is 28.1. The molecular formula is C8H15NO2S. The molecule has 0 bridgehead atoms. The molecule has 2 aliphatic rings. The standard InChI is InChI=1S/C8H15NO2S/c1-2-12(10,11)9-6-5-8(7-9)3-4-8/h2-7H2,1H3. The van der Waals surface area contributed by atoms with Gasteiger partial charge in [0.15, 0.2) is 0 Å². The first-order chi connectivity index (χ1) is 5.58. The second kappa shape index (κ2) is 2.45. The van der Waals surface area contributed by atoms with Crippen molar-refractivity contribution in [1.29, 1.82) is 0 Å². The molecule has 70 valence electrons. The van der Waals surface area contributed by atoms with Crippen molar-refractivity contribution in [3.8, 4) is 0 Å². The molecule has 0 aromatic carbocycles. The molecule has 1 aliphatic heterocycles. The van der Waals surface area contributed by atoms with Crippen LogP contribution in [0.15, 0.2) is 0 Å². The number of hydrogen-bond donors (Lipinski definition) is 0. The van der Waals surface area contributed by atoms with Crippen LogP contribution in [-0.4, -0.2) is 31.6 Å². The number of sulfonamides is 1. The minimum Gasteiger partial charge on any atom is -0.212 e. The van der Waals surface area contributed by atoms with E-state index in [2.05, 4.69) is 0 Å². The first-order valence-electron chi connectivity index (χ1n) is 4.56. The van der Waals surface area contributed by atoms with Crippen LogP contribution < -0.4 is 0 Å². The highest BCUT2D eigenvalue weighted by molar-refractivity contribution is 7.89. The molecule has 12 heavy (non-hydrogen) atoms. The van der Waals surface area contributed by atoms with E-state index in [1.165, 1.54) is 12.8 Å². The lowest BCUT2D eigenvalue weighted by Crippen LogP contribution is -2.30. The van der Waals surface area contributed by atoms with Gasteiger partial charge in [-0.3, -0.25) is 0 Å². The fourth-order valence-electron chi connectivity index (χ4n) is 1.90. The van der Waals surface area contributed by atoms with E-state index in [-0.39, 0.29) is 5.75 Å². The molecule has 2 fully saturated rings.